The molecule has 1 aromatic rings. The molecule has 0 unspecified atom stereocenters. The molecule has 0 spiro atoms. The van der Waals surface area contributed by atoms with Crippen LogP contribution in [0.5, 0.6) is 0 Å². The SMILES string of the molecule is O=C(O)Cc1nnnn1C1CCCCCC1. The lowest BCUT2D eigenvalue weighted by molar-refractivity contribution is -0.136. The highest BCUT2D eigenvalue weighted by Gasteiger charge is 2.20. The summed E-state index contributed by atoms with van der Waals surface area (Å²) in [6.45, 7) is 0. The molecule has 0 radical (unpaired) electrons. The van der Waals surface area contributed by atoms with Crippen molar-refractivity contribution in [2.45, 2.75) is 51.0 Å². The number of nitrogens with zero attached hydrogens (tertiary/aromatic N) is 4. The number of aromatic nitrogens is 4. The minimum absolute atomic E-state index is 0.0938. The number of tetrazole rings is 1. The van der Waals surface area contributed by atoms with Gasteiger partial charge in [-0.15, -0.1) is 5.10 Å². The van der Waals surface area contributed by atoms with E-state index in [0.717, 1.165) is 12.8 Å². The number of aliphatic carboxylic acids is 1. The van der Waals surface area contributed by atoms with Crippen molar-refractivity contribution in [3.63, 3.8) is 0 Å². The summed E-state index contributed by atoms with van der Waals surface area (Å²) in [6, 6.07) is 0.284. The number of carboxylic acid groups (broad SMARTS) is 1. The number of carbonyl (C=O) groups is 1. The van der Waals surface area contributed by atoms with Crippen molar-refractivity contribution in [1.29, 1.82) is 0 Å². The van der Waals surface area contributed by atoms with Gasteiger partial charge in [0.15, 0.2) is 5.82 Å². The zero-order chi connectivity index (χ0) is 11.4. The molecule has 1 aromatic heterocycles. The first kappa shape index (κ1) is 11.0. The Labute approximate surface area is 93.6 Å². The predicted molar refractivity (Wildman–Crippen MR) is 55.9 cm³/mol. The van der Waals surface area contributed by atoms with Crippen molar-refractivity contribution in [3.05, 3.63) is 5.82 Å². The van der Waals surface area contributed by atoms with Gasteiger partial charge in [0.1, 0.15) is 6.42 Å². The maximum absolute atomic E-state index is 10.7. The van der Waals surface area contributed by atoms with E-state index in [-0.39, 0.29) is 12.5 Å². The molecule has 0 amide bonds. The van der Waals surface area contributed by atoms with Crippen LogP contribution in [0.15, 0.2) is 0 Å². The van der Waals surface area contributed by atoms with Crippen molar-refractivity contribution in [3.8, 4) is 0 Å². The third kappa shape index (κ3) is 2.56. The van der Waals surface area contributed by atoms with Crippen molar-refractivity contribution < 1.29 is 9.90 Å². The quantitative estimate of drug-likeness (QED) is 0.780. The number of hydrogen-bond acceptors (Lipinski definition) is 4. The molecule has 0 aromatic carbocycles. The van der Waals surface area contributed by atoms with Gasteiger partial charge in [-0.2, -0.15) is 0 Å². The highest BCUT2D eigenvalue weighted by Crippen LogP contribution is 2.26. The lowest BCUT2D eigenvalue weighted by atomic mass is 10.1. The molecule has 1 aliphatic rings. The average Bonchev–Trinajstić information content (AvgIpc) is 2.53. The lowest BCUT2D eigenvalue weighted by Crippen LogP contribution is -2.16. The first-order chi connectivity index (χ1) is 7.77. The second-order valence-electron chi connectivity index (χ2n) is 4.26. The normalized spacial score (nSPS) is 18.2. The maximum Gasteiger partial charge on any atom is 0.311 e. The number of rotatable bonds is 3. The number of carboxylic acids is 1. The Morgan fingerprint density at radius 3 is 2.62 bits per heavy atom. The molecule has 1 saturated carbocycles. The van der Waals surface area contributed by atoms with Crippen LogP contribution in [0.1, 0.15) is 50.4 Å². The van der Waals surface area contributed by atoms with Crippen LogP contribution in [0, 0.1) is 0 Å². The van der Waals surface area contributed by atoms with Gasteiger partial charge in [0.2, 0.25) is 0 Å². The molecule has 0 bridgehead atoms. The summed E-state index contributed by atoms with van der Waals surface area (Å²) in [5, 5.41) is 20.0. The zero-order valence-corrected chi connectivity index (χ0v) is 9.17. The monoisotopic (exact) mass is 224 g/mol. The van der Waals surface area contributed by atoms with Crippen LogP contribution >= 0.6 is 0 Å². The third-order valence-corrected chi connectivity index (χ3v) is 3.04. The van der Waals surface area contributed by atoms with Crippen LogP contribution in [0.4, 0.5) is 0 Å². The van der Waals surface area contributed by atoms with E-state index in [1.54, 1.807) is 4.68 Å². The largest absolute Gasteiger partial charge is 0.481 e. The highest BCUT2D eigenvalue weighted by molar-refractivity contribution is 5.68. The molecule has 0 saturated heterocycles. The van der Waals surface area contributed by atoms with E-state index in [1.165, 1.54) is 25.7 Å². The van der Waals surface area contributed by atoms with Gasteiger partial charge in [0.25, 0.3) is 0 Å². The van der Waals surface area contributed by atoms with E-state index in [2.05, 4.69) is 15.5 Å². The van der Waals surface area contributed by atoms with Crippen molar-refractivity contribution in [2.24, 2.45) is 0 Å². The summed E-state index contributed by atoms with van der Waals surface area (Å²) < 4.78 is 1.71. The van der Waals surface area contributed by atoms with E-state index < -0.39 is 5.97 Å². The summed E-state index contributed by atoms with van der Waals surface area (Å²) >= 11 is 0. The fraction of sp³-hybridized carbons (Fsp3) is 0.800. The Morgan fingerprint density at radius 1 is 1.31 bits per heavy atom. The molecule has 1 heterocycles. The Kier molecular flexibility index (Phi) is 3.48. The summed E-state index contributed by atoms with van der Waals surface area (Å²) in [5.74, 6) is -0.413. The van der Waals surface area contributed by atoms with E-state index in [4.69, 9.17) is 5.11 Å². The molecular formula is C10H16N4O2. The minimum atomic E-state index is -0.885. The van der Waals surface area contributed by atoms with Gasteiger partial charge in [-0.05, 0) is 23.3 Å². The minimum Gasteiger partial charge on any atom is -0.481 e. The Hall–Kier alpha value is -1.46. The zero-order valence-electron chi connectivity index (χ0n) is 9.17. The highest BCUT2D eigenvalue weighted by atomic mass is 16.4. The summed E-state index contributed by atoms with van der Waals surface area (Å²) in [4.78, 5) is 10.7. The lowest BCUT2D eigenvalue weighted by Gasteiger charge is -2.14. The first-order valence-electron chi connectivity index (χ1n) is 5.76. The van der Waals surface area contributed by atoms with E-state index in [1.807, 2.05) is 0 Å². The van der Waals surface area contributed by atoms with Gasteiger partial charge in [0.05, 0.1) is 6.04 Å². The maximum atomic E-state index is 10.7. The molecule has 1 aliphatic carbocycles. The van der Waals surface area contributed by atoms with Crippen LogP contribution in [0.3, 0.4) is 0 Å². The molecule has 1 N–H and O–H groups in total. The van der Waals surface area contributed by atoms with E-state index in [9.17, 15) is 4.79 Å². The second-order valence-corrected chi connectivity index (χ2v) is 4.26. The Bertz CT molecular complexity index is 355. The smallest absolute Gasteiger partial charge is 0.311 e. The fourth-order valence-electron chi connectivity index (χ4n) is 2.25. The standard InChI is InChI=1S/C10H16N4O2/c15-10(16)7-9-11-12-13-14(9)8-5-3-1-2-4-6-8/h8H,1-7H2,(H,15,16). The molecule has 6 nitrogen and oxygen atoms in total. The van der Waals surface area contributed by atoms with Crippen LogP contribution in [0.25, 0.3) is 0 Å². The van der Waals surface area contributed by atoms with E-state index in [0.29, 0.717) is 5.82 Å². The second kappa shape index (κ2) is 5.05. The summed E-state index contributed by atoms with van der Waals surface area (Å²) in [6.07, 6.45) is 6.88. The summed E-state index contributed by atoms with van der Waals surface area (Å²) in [5.41, 5.74) is 0. The Morgan fingerprint density at radius 2 is 2.00 bits per heavy atom. The van der Waals surface area contributed by atoms with Gasteiger partial charge in [-0.25, -0.2) is 4.68 Å². The van der Waals surface area contributed by atoms with Gasteiger partial charge in [0, 0.05) is 0 Å². The molecule has 1 fully saturated rings. The van der Waals surface area contributed by atoms with Crippen LogP contribution in [-0.4, -0.2) is 31.3 Å². The summed E-state index contributed by atoms with van der Waals surface area (Å²) in [7, 11) is 0. The van der Waals surface area contributed by atoms with Crippen molar-refractivity contribution in [2.75, 3.05) is 0 Å². The van der Waals surface area contributed by atoms with E-state index >= 15 is 0 Å². The van der Waals surface area contributed by atoms with Crippen LogP contribution < -0.4 is 0 Å². The molecular weight excluding hydrogens is 208 g/mol. The molecule has 88 valence electrons. The van der Waals surface area contributed by atoms with Crippen molar-refractivity contribution in [1.82, 2.24) is 20.2 Å². The molecule has 0 aliphatic heterocycles. The van der Waals surface area contributed by atoms with Crippen LogP contribution in [-0.2, 0) is 11.2 Å². The third-order valence-electron chi connectivity index (χ3n) is 3.04. The number of hydrogen-bond donors (Lipinski definition) is 1. The Balaban J connectivity index is 2.11. The van der Waals surface area contributed by atoms with Gasteiger partial charge < -0.3 is 5.11 Å². The topological polar surface area (TPSA) is 80.9 Å². The molecule has 16 heavy (non-hydrogen) atoms. The van der Waals surface area contributed by atoms with Gasteiger partial charge in [-0.3, -0.25) is 4.79 Å². The van der Waals surface area contributed by atoms with Gasteiger partial charge >= 0.3 is 5.97 Å². The molecule has 6 heteroatoms. The fourth-order valence-corrected chi connectivity index (χ4v) is 2.25. The van der Waals surface area contributed by atoms with Crippen molar-refractivity contribution >= 4 is 5.97 Å². The van der Waals surface area contributed by atoms with Gasteiger partial charge in [-0.1, -0.05) is 25.7 Å². The van der Waals surface area contributed by atoms with Crippen LogP contribution in [0.2, 0.25) is 0 Å². The molecule has 0 atom stereocenters. The first-order valence-corrected chi connectivity index (χ1v) is 5.76. The average molecular weight is 224 g/mol. The molecule has 2 rings (SSSR count). The predicted octanol–water partition coefficient (Wildman–Crippen LogP) is 1.20.